The third-order valence-electron chi connectivity index (χ3n) is 4.90. The molecule has 0 saturated heterocycles. The van der Waals surface area contributed by atoms with Gasteiger partial charge in [-0.05, 0) is 55.5 Å². The Hall–Kier alpha value is -0.0400. The maximum atomic E-state index is 3.67. The fourth-order valence-electron chi connectivity index (χ4n) is 3.68. The zero-order valence-corrected chi connectivity index (χ0v) is 12.6. The van der Waals surface area contributed by atoms with Crippen molar-refractivity contribution in [2.24, 2.45) is 29.6 Å². The van der Waals surface area contributed by atoms with E-state index >= 15 is 0 Å². The summed E-state index contributed by atoms with van der Waals surface area (Å²) in [5, 5.41) is 3.67. The molecule has 1 nitrogen and oxygen atoms in total. The van der Waals surface area contributed by atoms with Gasteiger partial charge in [-0.15, -0.1) is 0 Å². The van der Waals surface area contributed by atoms with Crippen molar-refractivity contribution in [1.29, 1.82) is 0 Å². The number of hydrogen-bond donors (Lipinski definition) is 1. The molecule has 17 heavy (non-hydrogen) atoms. The second-order valence-corrected chi connectivity index (χ2v) is 6.49. The average molecular weight is 239 g/mol. The van der Waals surface area contributed by atoms with Gasteiger partial charge >= 0.3 is 0 Å². The van der Waals surface area contributed by atoms with E-state index in [4.69, 9.17) is 0 Å². The lowest BCUT2D eigenvalue weighted by molar-refractivity contribution is 0.228. The van der Waals surface area contributed by atoms with E-state index in [1.807, 2.05) is 0 Å². The summed E-state index contributed by atoms with van der Waals surface area (Å²) >= 11 is 0. The molecule has 0 amide bonds. The Morgan fingerprint density at radius 1 is 1.12 bits per heavy atom. The molecule has 0 spiro atoms. The molecule has 0 heterocycles. The van der Waals surface area contributed by atoms with Crippen LogP contribution in [0.2, 0.25) is 0 Å². The van der Waals surface area contributed by atoms with Crippen molar-refractivity contribution in [3.8, 4) is 0 Å². The lowest BCUT2D eigenvalue weighted by Gasteiger charge is -2.28. The molecule has 1 fully saturated rings. The molecule has 0 aromatic rings. The van der Waals surface area contributed by atoms with Gasteiger partial charge in [-0.3, -0.25) is 0 Å². The van der Waals surface area contributed by atoms with Gasteiger partial charge in [0, 0.05) is 0 Å². The topological polar surface area (TPSA) is 12.0 Å². The standard InChI is InChI=1S/C16H33N/c1-6-14-8-9-16(13(14)5)15(7-2)11-17-10-12(3)4/h12-17H,6-11H2,1-5H3. The molecule has 0 aromatic heterocycles. The summed E-state index contributed by atoms with van der Waals surface area (Å²) in [6.45, 7) is 14.2. The molecule has 1 aliphatic rings. The number of hydrogen-bond acceptors (Lipinski definition) is 1. The van der Waals surface area contributed by atoms with Crippen LogP contribution < -0.4 is 5.32 Å². The van der Waals surface area contributed by atoms with Gasteiger partial charge in [0.05, 0.1) is 0 Å². The summed E-state index contributed by atoms with van der Waals surface area (Å²) in [4.78, 5) is 0. The van der Waals surface area contributed by atoms with Crippen molar-refractivity contribution < 1.29 is 0 Å². The molecule has 0 aliphatic heterocycles. The van der Waals surface area contributed by atoms with Crippen molar-refractivity contribution >= 4 is 0 Å². The van der Waals surface area contributed by atoms with Gasteiger partial charge in [0.1, 0.15) is 0 Å². The maximum absolute atomic E-state index is 3.67. The SMILES string of the molecule is CCC1CCC(C(CC)CNCC(C)C)C1C. The number of nitrogens with one attached hydrogen (secondary N) is 1. The van der Waals surface area contributed by atoms with Crippen LogP contribution in [0.5, 0.6) is 0 Å². The molecule has 0 radical (unpaired) electrons. The molecule has 4 unspecified atom stereocenters. The Kier molecular flexibility index (Phi) is 6.54. The molecule has 0 bridgehead atoms. The average Bonchev–Trinajstić information content (AvgIpc) is 2.66. The summed E-state index contributed by atoms with van der Waals surface area (Å²) in [6, 6.07) is 0. The quantitative estimate of drug-likeness (QED) is 0.697. The van der Waals surface area contributed by atoms with E-state index < -0.39 is 0 Å². The fourth-order valence-corrected chi connectivity index (χ4v) is 3.68. The minimum Gasteiger partial charge on any atom is -0.316 e. The predicted molar refractivity (Wildman–Crippen MR) is 77.2 cm³/mol. The van der Waals surface area contributed by atoms with E-state index in [0.717, 1.165) is 29.6 Å². The van der Waals surface area contributed by atoms with Crippen molar-refractivity contribution in [3.63, 3.8) is 0 Å². The van der Waals surface area contributed by atoms with Crippen molar-refractivity contribution in [3.05, 3.63) is 0 Å². The van der Waals surface area contributed by atoms with Gasteiger partial charge in [-0.2, -0.15) is 0 Å². The van der Waals surface area contributed by atoms with E-state index in [1.165, 1.54) is 38.8 Å². The molecule has 1 heteroatoms. The summed E-state index contributed by atoms with van der Waals surface area (Å²) in [7, 11) is 0. The molecule has 4 atom stereocenters. The lowest BCUT2D eigenvalue weighted by atomic mass is 9.80. The highest BCUT2D eigenvalue weighted by molar-refractivity contribution is 4.86. The Balaban J connectivity index is 2.39. The molecular formula is C16H33N. The van der Waals surface area contributed by atoms with E-state index in [-0.39, 0.29) is 0 Å². The van der Waals surface area contributed by atoms with Crippen LogP contribution in [0.25, 0.3) is 0 Å². The Morgan fingerprint density at radius 3 is 2.29 bits per heavy atom. The molecule has 0 aromatic carbocycles. The van der Waals surface area contributed by atoms with Gasteiger partial charge in [-0.25, -0.2) is 0 Å². The van der Waals surface area contributed by atoms with Crippen LogP contribution in [0.4, 0.5) is 0 Å². The van der Waals surface area contributed by atoms with Crippen molar-refractivity contribution in [2.75, 3.05) is 13.1 Å². The van der Waals surface area contributed by atoms with E-state index in [1.54, 1.807) is 0 Å². The second-order valence-electron chi connectivity index (χ2n) is 6.49. The van der Waals surface area contributed by atoms with E-state index in [0.29, 0.717) is 0 Å². The largest absolute Gasteiger partial charge is 0.316 e. The third-order valence-corrected chi connectivity index (χ3v) is 4.90. The first-order valence-electron chi connectivity index (χ1n) is 7.80. The monoisotopic (exact) mass is 239 g/mol. The van der Waals surface area contributed by atoms with Crippen molar-refractivity contribution in [1.82, 2.24) is 5.32 Å². The van der Waals surface area contributed by atoms with Gasteiger partial charge in [0.25, 0.3) is 0 Å². The van der Waals surface area contributed by atoms with Crippen LogP contribution in [-0.4, -0.2) is 13.1 Å². The van der Waals surface area contributed by atoms with Gasteiger partial charge < -0.3 is 5.32 Å². The molecule has 1 rings (SSSR count). The predicted octanol–water partition coefficient (Wildman–Crippen LogP) is 4.33. The van der Waals surface area contributed by atoms with Gasteiger partial charge in [0.15, 0.2) is 0 Å². The summed E-state index contributed by atoms with van der Waals surface area (Å²) in [6.07, 6.45) is 5.68. The molecule has 102 valence electrons. The first kappa shape index (κ1) is 15.0. The summed E-state index contributed by atoms with van der Waals surface area (Å²) in [5.41, 5.74) is 0. The smallest absolute Gasteiger partial charge is 0.00178 e. The maximum Gasteiger partial charge on any atom is -0.00178 e. The molecular weight excluding hydrogens is 206 g/mol. The third kappa shape index (κ3) is 4.28. The highest BCUT2D eigenvalue weighted by Gasteiger charge is 2.35. The number of rotatable bonds is 7. The molecule has 1 N–H and O–H groups in total. The van der Waals surface area contributed by atoms with E-state index in [2.05, 4.69) is 39.9 Å². The lowest BCUT2D eigenvalue weighted by Crippen LogP contribution is -2.32. The van der Waals surface area contributed by atoms with Crippen molar-refractivity contribution in [2.45, 2.75) is 60.3 Å². The molecule has 1 saturated carbocycles. The Morgan fingerprint density at radius 2 is 1.82 bits per heavy atom. The van der Waals surface area contributed by atoms with Crippen LogP contribution in [-0.2, 0) is 0 Å². The zero-order chi connectivity index (χ0) is 12.8. The summed E-state index contributed by atoms with van der Waals surface area (Å²) < 4.78 is 0. The first-order valence-corrected chi connectivity index (χ1v) is 7.80. The van der Waals surface area contributed by atoms with Crippen LogP contribution in [0.3, 0.4) is 0 Å². The fraction of sp³-hybridized carbons (Fsp3) is 1.00. The Bertz CT molecular complexity index is 200. The Labute approximate surface area is 109 Å². The van der Waals surface area contributed by atoms with Gasteiger partial charge in [0.2, 0.25) is 0 Å². The zero-order valence-electron chi connectivity index (χ0n) is 12.6. The highest BCUT2D eigenvalue weighted by Crippen LogP contribution is 2.43. The highest BCUT2D eigenvalue weighted by atomic mass is 14.9. The summed E-state index contributed by atoms with van der Waals surface area (Å²) in [5.74, 6) is 4.60. The minimum absolute atomic E-state index is 0.775. The first-order chi connectivity index (χ1) is 8.10. The van der Waals surface area contributed by atoms with Crippen LogP contribution in [0, 0.1) is 29.6 Å². The van der Waals surface area contributed by atoms with Gasteiger partial charge in [-0.1, -0.05) is 47.5 Å². The minimum atomic E-state index is 0.775. The van der Waals surface area contributed by atoms with Crippen LogP contribution in [0.1, 0.15) is 60.3 Å². The van der Waals surface area contributed by atoms with E-state index in [9.17, 15) is 0 Å². The van der Waals surface area contributed by atoms with Crippen LogP contribution in [0.15, 0.2) is 0 Å². The van der Waals surface area contributed by atoms with Crippen LogP contribution >= 0.6 is 0 Å². The normalized spacial score (nSPS) is 31.1. The molecule has 1 aliphatic carbocycles. The second kappa shape index (κ2) is 7.41.